The Labute approximate surface area is 108 Å². The molecule has 0 atom stereocenters. The Kier molecular flexibility index (Phi) is 3.82. The Balaban J connectivity index is 2.07. The first kappa shape index (κ1) is 12.1. The lowest BCUT2D eigenvalue weighted by molar-refractivity contribution is 0.584. The fourth-order valence-corrected chi connectivity index (χ4v) is 1.74. The largest absolute Gasteiger partial charge is 0.380 e. The van der Waals surface area contributed by atoms with Crippen LogP contribution in [0.3, 0.4) is 0 Å². The lowest BCUT2D eigenvalue weighted by Crippen LogP contribution is -2.00. The van der Waals surface area contributed by atoms with Gasteiger partial charge in [0, 0.05) is 16.6 Å². The van der Waals surface area contributed by atoms with Crippen LogP contribution in [0.4, 0.5) is 10.1 Å². The molecule has 1 aromatic heterocycles. The molecular formula is C12H9Cl2FN2. The number of benzene rings is 1. The van der Waals surface area contributed by atoms with Crippen LogP contribution in [-0.4, -0.2) is 4.98 Å². The molecule has 0 amide bonds. The van der Waals surface area contributed by atoms with E-state index < -0.39 is 5.95 Å². The normalized spacial score (nSPS) is 10.3. The van der Waals surface area contributed by atoms with Gasteiger partial charge in [-0.25, -0.2) is 4.98 Å². The van der Waals surface area contributed by atoms with E-state index in [2.05, 4.69) is 10.3 Å². The summed E-state index contributed by atoms with van der Waals surface area (Å²) < 4.78 is 12.6. The first-order valence-corrected chi connectivity index (χ1v) is 5.70. The molecule has 17 heavy (non-hydrogen) atoms. The first-order valence-electron chi connectivity index (χ1n) is 4.94. The highest BCUT2D eigenvalue weighted by atomic mass is 35.5. The maximum absolute atomic E-state index is 12.6. The topological polar surface area (TPSA) is 24.9 Å². The van der Waals surface area contributed by atoms with Crippen molar-refractivity contribution >= 4 is 28.9 Å². The van der Waals surface area contributed by atoms with Gasteiger partial charge < -0.3 is 5.32 Å². The predicted molar refractivity (Wildman–Crippen MR) is 68.0 cm³/mol. The molecule has 0 aliphatic carbocycles. The molecule has 0 radical (unpaired) electrons. The Morgan fingerprint density at radius 2 is 2.00 bits per heavy atom. The second kappa shape index (κ2) is 5.34. The second-order valence-electron chi connectivity index (χ2n) is 3.46. The molecule has 0 saturated carbocycles. The van der Waals surface area contributed by atoms with Gasteiger partial charge in [0.2, 0.25) is 5.95 Å². The molecule has 2 rings (SSSR count). The van der Waals surface area contributed by atoms with Crippen molar-refractivity contribution in [3.63, 3.8) is 0 Å². The third-order valence-corrected chi connectivity index (χ3v) is 2.82. The van der Waals surface area contributed by atoms with Gasteiger partial charge >= 0.3 is 0 Å². The molecular weight excluding hydrogens is 262 g/mol. The number of nitrogens with zero attached hydrogens (tertiary/aromatic N) is 1. The standard InChI is InChI=1S/C12H9Cl2FN2/c13-9-1-3-11(14)8(5-9)6-16-10-2-4-12(15)17-7-10/h1-5,7,16H,6H2. The molecule has 1 heterocycles. The van der Waals surface area contributed by atoms with Crippen LogP contribution in [0.2, 0.25) is 10.0 Å². The van der Waals surface area contributed by atoms with Gasteiger partial charge in [-0.05, 0) is 35.9 Å². The van der Waals surface area contributed by atoms with Crippen LogP contribution in [-0.2, 0) is 6.54 Å². The van der Waals surface area contributed by atoms with Gasteiger partial charge in [0.25, 0.3) is 0 Å². The zero-order chi connectivity index (χ0) is 12.3. The maximum Gasteiger partial charge on any atom is 0.212 e. The van der Waals surface area contributed by atoms with Gasteiger partial charge in [0.1, 0.15) is 0 Å². The maximum atomic E-state index is 12.6. The molecule has 0 fully saturated rings. The van der Waals surface area contributed by atoms with Crippen LogP contribution in [0.15, 0.2) is 36.5 Å². The van der Waals surface area contributed by atoms with Crippen LogP contribution in [0.1, 0.15) is 5.56 Å². The molecule has 5 heteroatoms. The minimum atomic E-state index is -0.503. The van der Waals surface area contributed by atoms with E-state index in [1.165, 1.54) is 12.3 Å². The number of pyridine rings is 1. The van der Waals surface area contributed by atoms with Crippen molar-refractivity contribution in [2.45, 2.75) is 6.54 Å². The summed E-state index contributed by atoms with van der Waals surface area (Å²) in [7, 11) is 0. The molecule has 0 bridgehead atoms. The van der Waals surface area contributed by atoms with Crippen molar-refractivity contribution in [3.05, 3.63) is 58.1 Å². The fraction of sp³-hybridized carbons (Fsp3) is 0.0833. The zero-order valence-corrected chi connectivity index (χ0v) is 10.3. The van der Waals surface area contributed by atoms with Gasteiger partial charge in [-0.3, -0.25) is 0 Å². The lowest BCUT2D eigenvalue weighted by atomic mass is 10.2. The third-order valence-electron chi connectivity index (χ3n) is 2.22. The summed E-state index contributed by atoms with van der Waals surface area (Å²) in [5, 5.41) is 4.35. The molecule has 0 spiro atoms. The number of rotatable bonds is 3. The molecule has 0 saturated heterocycles. The van der Waals surface area contributed by atoms with E-state index in [0.717, 1.165) is 11.3 Å². The second-order valence-corrected chi connectivity index (χ2v) is 4.30. The molecule has 0 unspecified atom stereocenters. The van der Waals surface area contributed by atoms with E-state index in [1.54, 1.807) is 24.3 Å². The number of halogens is 3. The monoisotopic (exact) mass is 270 g/mol. The number of hydrogen-bond acceptors (Lipinski definition) is 2. The summed E-state index contributed by atoms with van der Waals surface area (Å²) in [4.78, 5) is 3.54. The number of aromatic nitrogens is 1. The van der Waals surface area contributed by atoms with Crippen molar-refractivity contribution in [3.8, 4) is 0 Å². The summed E-state index contributed by atoms with van der Waals surface area (Å²) >= 11 is 11.9. The van der Waals surface area contributed by atoms with Crippen molar-refractivity contribution in [1.82, 2.24) is 4.98 Å². The van der Waals surface area contributed by atoms with Crippen molar-refractivity contribution < 1.29 is 4.39 Å². The van der Waals surface area contributed by atoms with Crippen LogP contribution in [0.5, 0.6) is 0 Å². The van der Waals surface area contributed by atoms with E-state index in [1.807, 2.05) is 0 Å². The van der Waals surface area contributed by atoms with Crippen LogP contribution < -0.4 is 5.32 Å². The number of nitrogens with one attached hydrogen (secondary N) is 1. The van der Waals surface area contributed by atoms with Crippen LogP contribution >= 0.6 is 23.2 Å². The smallest absolute Gasteiger partial charge is 0.212 e. The Morgan fingerprint density at radius 1 is 1.18 bits per heavy atom. The van der Waals surface area contributed by atoms with Gasteiger partial charge in [-0.2, -0.15) is 4.39 Å². The highest BCUT2D eigenvalue weighted by Gasteiger charge is 2.01. The molecule has 2 aromatic rings. The van der Waals surface area contributed by atoms with Crippen molar-refractivity contribution in [2.75, 3.05) is 5.32 Å². The SMILES string of the molecule is Fc1ccc(NCc2cc(Cl)ccc2Cl)cn1. The molecule has 0 aliphatic heterocycles. The highest BCUT2D eigenvalue weighted by molar-refractivity contribution is 6.33. The van der Waals surface area contributed by atoms with Crippen LogP contribution in [0.25, 0.3) is 0 Å². The van der Waals surface area contributed by atoms with Crippen molar-refractivity contribution in [1.29, 1.82) is 0 Å². The third kappa shape index (κ3) is 3.32. The Bertz CT molecular complexity index is 514. The van der Waals surface area contributed by atoms with Gasteiger partial charge in [0.05, 0.1) is 11.9 Å². The van der Waals surface area contributed by atoms with Crippen LogP contribution in [0, 0.1) is 5.95 Å². The van der Waals surface area contributed by atoms with E-state index in [-0.39, 0.29) is 0 Å². The summed E-state index contributed by atoms with van der Waals surface area (Å²) in [5.74, 6) is -0.503. The minimum absolute atomic E-state index is 0.503. The average Bonchev–Trinajstić information content (AvgIpc) is 2.32. The molecule has 1 N–H and O–H groups in total. The van der Waals surface area contributed by atoms with Gasteiger partial charge in [-0.1, -0.05) is 23.2 Å². The average molecular weight is 271 g/mol. The van der Waals surface area contributed by atoms with E-state index in [4.69, 9.17) is 23.2 Å². The van der Waals surface area contributed by atoms with Gasteiger partial charge in [-0.15, -0.1) is 0 Å². The quantitative estimate of drug-likeness (QED) is 0.848. The zero-order valence-electron chi connectivity index (χ0n) is 8.75. The Morgan fingerprint density at radius 3 is 2.71 bits per heavy atom. The minimum Gasteiger partial charge on any atom is -0.380 e. The number of anilines is 1. The van der Waals surface area contributed by atoms with Gasteiger partial charge in [0.15, 0.2) is 0 Å². The fourth-order valence-electron chi connectivity index (χ4n) is 1.36. The summed E-state index contributed by atoms with van der Waals surface area (Å²) in [6.07, 6.45) is 1.42. The van der Waals surface area contributed by atoms with E-state index in [0.29, 0.717) is 16.6 Å². The van der Waals surface area contributed by atoms with Crippen molar-refractivity contribution in [2.24, 2.45) is 0 Å². The van der Waals surface area contributed by atoms with E-state index in [9.17, 15) is 4.39 Å². The van der Waals surface area contributed by atoms with E-state index >= 15 is 0 Å². The molecule has 1 aromatic carbocycles. The Hall–Kier alpha value is -1.32. The first-order chi connectivity index (χ1) is 8.15. The molecule has 2 nitrogen and oxygen atoms in total. The number of hydrogen-bond donors (Lipinski definition) is 1. The summed E-state index contributed by atoms with van der Waals surface area (Å²) in [6.45, 7) is 0.507. The molecule has 88 valence electrons. The lowest BCUT2D eigenvalue weighted by Gasteiger charge is -2.08. The summed E-state index contributed by atoms with van der Waals surface area (Å²) in [6, 6.07) is 8.16. The predicted octanol–water partition coefficient (Wildman–Crippen LogP) is 4.14. The molecule has 0 aliphatic rings. The highest BCUT2D eigenvalue weighted by Crippen LogP contribution is 2.21. The summed E-state index contributed by atoms with van der Waals surface area (Å²) in [5.41, 5.74) is 1.60.